The predicted octanol–water partition coefficient (Wildman–Crippen LogP) is 6.15. The molecule has 3 amide bonds. The summed E-state index contributed by atoms with van der Waals surface area (Å²) in [5.74, 6) is -0.535. The van der Waals surface area contributed by atoms with Crippen molar-refractivity contribution in [1.82, 2.24) is 15.5 Å². The van der Waals surface area contributed by atoms with E-state index < -0.39 is 23.8 Å². The van der Waals surface area contributed by atoms with Crippen LogP contribution in [-0.4, -0.2) is 52.1 Å². The van der Waals surface area contributed by atoms with Crippen LogP contribution in [-0.2, 0) is 14.3 Å². The number of nitrogens with one attached hydrogen (secondary N) is 2. The Morgan fingerprint density at radius 1 is 1.10 bits per heavy atom. The van der Waals surface area contributed by atoms with Crippen molar-refractivity contribution in [3.63, 3.8) is 0 Å². The van der Waals surface area contributed by atoms with E-state index in [1.165, 1.54) is 0 Å². The van der Waals surface area contributed by atoms with Gasteiger partial charge >= 0.3 is 6.09 Å². The number of hydrogen-bond acceptors (Lipinski definition) is 5. The number of ether oxygens (including phenoxy) is 1. The highest BCUT2D eigenvalue weighted by atomic mass is 16.6. The van der Waals surface area contributed by atoms with Crippen LogP contribution in [0, 0.1) is 12.8 Å². The highest BCUT2D eigenvalue weighted by Crippen LogP contribution is 2.33. The van der Waals surface area contributed by atoms with Crippen LogP contribution in [0.3, 0.4) is 0 Å². The Morgan fingerprint density at radius 3 is 2.36 bits per heavy atom. The van der Waals surface area contributed by atoms with Crippen LogP contribution in [0.2, 0.25) is 0 Å². The third-order valence-electron chi connectivity index (χ3n) is 7.06. The largest absolute Gasteiger partial charge is 0.507 e. The van der Waals surface area contributed by atoms with Gasteiger partial charge in [0.15, 0.2) is 0 Å². The highest BCUT2D eigenvalue weighted by molar-refractivity contribution is 5.92. The molecule has 0 aromatic heterocycles. The van der Waals surface area contributed by atoms with E-state index in [0.29, 0.717) is 30.5 Å². The van der Waals surface area contributed by atoms with E-state index in [1.807, 2.05) is 13.8 Å². The number of rotatable bonds is 12. The van der Waals surface area contributed by atoms with Crippen molar-refractivity contribution in [2.45, 2.75) is 130 Å². The van der Waals surface area contributed by atoms with E-state index in [9.17, 15) is 19.5 Å². The molecular weight excluding hydrogens is 494 g/mol. The minimum Gasteiger partial charge on any atom is -0.507 e. The van der Waals surface area contributed by atoms with Crippen molar-refractivity contribution in [2.24, 2.45) is 5.92 Å². The first kappa shape index (κ1) is 32.4. The molecular formula is C31H51N3O5. The fraction of sp³-hybridized carbons (Fsp3) is 0.710. The van der Waals surface area contributed by atoms with Crippen molar-refractivity contribution >= 4 is 17.9 Å². The average molecular weight is 546 g/mol. The fourth-order valence-corrected chi connectivity index (χ4v) is 5.12. The standard InChI is InChI=1S/C31H51N3O5/c1-8-9-13-19-34(29(37)25(20-21(2)3)33-30(38)39-31(5,6)7)26(24-18-14-15-22(4)27(24)35)28(36)32-23-16-11-10-12-17-23/h14-15,18,21,23,25-26,35H,8-13,16-17,19-20H2,1-7H3,(H,32,36)(H,33,38). The molecule has 8 nitrogen and oxygen atoms in total. The Morgan fingerprint density at radius 2 is 1.77 bits per heavy atom. The molecule has 0 saturated heterocycles. The summed E-state index contributed by atoms with van der Waals surface area (Å²) in [6.45, 7) is 13.5. The van der Waals surface area contributed by atoms with E-state index in [1.54, 1.807) is 50.8 Å². The second-order valence-corrected chi connectivity index (χ2v) is 12.3. The number of alkyl carbamates (subject to hydrolysis) is 1. The van der Waals surface area contributed by atoms with Crippen molar-refractivity contribution in [2.75, 3.05) is 6.54 Å². The molecule has 1 aromatic rings. The summed E-state index contributed by atoms with van der Waals surface area (Å²) in [4.78, 5) is 42.6. The summed E-state index contributed by atoms with van der Waals surface area (Å²) >= 11 is 0. The second-order valence-electron chi connectivity index (χ2n) is 12.3. The van der Waals surface area contributed by atoms with Gasteiger partial charge in [0.2, 0.25) is 11.8 Å². The van der Waals surface area contributed by atoms with Crippen LogP contribution in [0.25, 0.3) is 0 Å². The molecule has 0 bridgehead atoms. The number of aromatic hydroxyl groups is 1. The lowest BCUT2D eigenvalue weighted by atomic mass is 9.93. The number of phenols is 1. The Labute approximate surface area is 235 Å². The number of carbonyl (C=O) groups is 3. The van der Waals surface area contributed by atoms with E-state index >= 15 is 0 Å². The van der Waals surface area contributed by atoms with E-state index in [0.717, 1.165) is 44.9 Å². The summed E-state index contributed by atoms with van der Waals surface area (Å²) < 4.78 is 5.47. The Balaban J connectivity index is 2.52. The molecule has 1 aliphatic carbocycles. The fourth-order valence-electron chi connectivity index (χ4n) is 5.12. The topological polar surface area (TPSA) is 108 Å². The van der Waals surface area contributed by atoms with Gasteiger partial charge in [-0.25, -0.2) is 4.79 Å². The first-order chi connectivity index (χ1) is 18.3. The number of unbranched alkanes of at least 4 members (excludes halogenated alkanes) is 2. The molecule has 220 valence electrons. The molecule has 0 spiro atoms. The minimum atomic E-state index is -1.02. The van der Waals surface area contributed by atoms with Crippen molar-refractivity contribution < 1.29 is 24.2 Å². The number of aryl methyl sites for hydroxylation is 1. The molecule has 1 aliphatic rings. The van der Waals surface area contributed by atoms with Gasteiger partial charge in [-0.2, -0.15) is 0 Å². The molecule has 0 aliphatic heterocycles. The summed E-state index contributed by atoms with van der Waals surface area (Å²) in [5.41, 5.74) is 0.315. The van der Waals surface area contributed by atoms with Gasteiger partial charge in [-0.15, -0.1) is 0 Å². The third kappa shape index (κ3) is 10.4. The van der Waals surface area contributed by atoms with Gasteiger partial charge in [-0.3, -0.25) is 9.59 Å². The van der Waals surface area contributed by atoms with E-state index in [-0.39, 0.29) is 29.5 Å². The maximum Gasteiger partial charge on any atom is 0.408 e. The van der Waals surface area contributed by atoms with Crippen LogP contribution in [0.4, 0.5) is 4.79 Å². The minimum absolute atomic E-state index is 0.00935. The van der Waals surface area contributed by atoms with Gasteiger partial charge in [-0.05, 0) is 64.9 Å². The molecule has 1 saturated carbocycles. The lowest BCUT2D eigenvalue weighted by molar-refractivity contribution is -0.143. The number of amides is 3. The smallest absolute Gasteiger partial charge is 0.408 e. The molecule has 8 heteroatoms. The van der Waals surface area contributed by atoms with Crippen LogP contribution in [0.15, 0.2) is 18.2 Å². The van der Waals surface area contributed by atoms with Crippen LogP contribution >= 0.6 is 0 Å². The lowest BCUT2D eigenvalue weighted by Gasteiger charge is -2.36. The predicted molar refractivity (Wildman–Crippen MR) is 154 cm³/mol. The van der Waals surface area contributed by atoms with Crippen LogP contribution < -0.4 is 10.6 Å². The summed E-state index contributed by atoms with van der Waals surface area (Å²) in [5, 5.41) is 17.0. The first-order valence-electron chi connectivity index (χ1n) is 14.7. The third-order valence-corrected chi connectivity index (χ3v) is 7.06. The molecule has 1 fully saturated rings. The number of hydrogen-bond donors (Lipinski definition) is 3. The number of benzene rings is 1. The Hall–Kier alpha value is -2.77. The molecule has 0 heterocycles. The van der Waals surface area contributed by atoms with E-state index in [4.69, 9.17) is 4.74 Å². The van der Waals surface area contributed by atoms with Crippen LogP contribution in [0.1, 0.15) is 116 Å². The number of phenolic OH excluding ortho intramolecular Hbond substituents is 1. The molecule has 1 aromatic carbocycles. The monoisotopic (exact) mass is 545 g/mol. The van der Waals surface area contributed by atoms with Crippen molar-refractivity contribution in [3.05, 3.63) is 29.3 Å². The molecule has 3 N–H and O–H groups in total. The van der Waals surface area contributed by atoms with E-state index in [2.05, 4.69) is 17.6 Å². The van der Waals surface area contributed by atoms with Crippen LogP contribution in [0.5, 0.6) is 5.75 Å². The second kappa shape index (κ2) is 15.1. The van der Waals surface area contributed by atoms with Gasteiger partial charge in [0.05, 0.1) is 0 Å². The Bertz CT molecular complexity index is 950. The first-order valence-corrected chi connectivity index (χ1v) is 14.7. The number of nitrogens with zero attached hydrogens (tertiary/aromatic N) is 1. The molecule has 0 radical (unpaired) electrons. The van der Waals surface area contributed by atoms with Gasteiger partial charge in [0.25, 0.3) is 0 Å². The number of carbonyl (C=O) groups excluding carboxylic acids is 3. The summed E-state index contributed by atoms with van der Waals surface area (Å²) in [7, 11) is 0. The van der Waals surface area contributed by atoms with Gasteiger partial charge in [-0.1, -0.05) is 71.1 Å². The van der Waals surface area contributed by atoms with Crippen molar-refractivity contribution in [1.29, 1.82) is 0 Å². The lowest BCUT2D eigenvalue weighted by Crippen LogP contribution is -2.54. The highest BCUT2D eigenvalue weighted by Gasteiger charge is 2.38. The molecule has 2 rings (SSSR count). The Kier molecular flexibility index (Phi) is 12.6. The molecule has 2 unspecified atom stereocenters. The summed E-state index contributed by atoms with van der Waals surface area (Å²) in [6.07, 6.45) is 7.32. The van der Waals surface area contributed by atoms with Gasteiger partial charge < -0.3 is 25.4 Å². The maximum absolute atomic E-state index is 14.3. The SMILES string of the molecule is CCCCCN(C(=O)C(CC(C)C)NC(=O)OC(C)(C)C)C(C(=O)NC1CCCCC1)c1cccc(C)c1O. The average Bonchev–Trinajstić information content (AvgIpc) is 2.84. The summed E-state index contributed by atoms with van der Waals surface area (Å²) in [6, 6.07) is 3.44. The zero-order valence-electron chi connectivity index (χ0n) is 25.1. The van der Waals surface area contributed by atoms with Crippen molar-refractivity contribution in [3.8, 4) is 5.75 Å². The molecule has 2 atom stereocenters. The number of para-hydroxylation sites is 1. The normalized spacial score (nSPS) is 15.9. The van der Waals surface area contributed by atoms with Gasteiger partial charge in [0.1, 0.15) is 23.4 Å². The van der Waals surface area contributed by atoms with Gasteiger partial charge in [0, 0.05) is 18.2 Å². The quantitative estimate of drug-likeness (QED) is 0.273. The molecule has 39 heavy (non-hydrogen) atoms. The zero-order chi connectivity index (χ0) is 29.2. The maximum atomic E-state index is 14.3. The zero-order valence-corrected chi connectivity index (χ0v) is 25.1.